The number of nitrogens with one attached hydrogen (secondary N) is 1. The lowest BCUT2D eigenvalue weighted by Crippen LogP contribution is -2.17. The molecule has 0 atom stereocenters. The molecule has 30 heavy (non-hydrogen) atoms. The first kappa shape index (κ1) is 21.4. The molecular weight excluding hydrogens is 433 g/mol. The number of allylic oxidation sites excluding steroid dienone is 1. The number of carbonyl (C=O) groups excluding carboxylic acids is 1. The van der Waals surface area contributed by atoms with Crippen LogP contribution in [-0.4, -0.2) is 21.6 Å². The van der Waals surface area contributed by atoms with Crippen LogP contribution in [0.25, 0.3) is 11.1 Å². The molecule has 0 spiro atoms. The van der Waals surface area contributed by atoms with Gasteiger partial charge < -0.3 is 9.15 Å². The molecule has 0 aliphatic heterocycles. The van der Waals surface area contributed by atoms with Crippen molar-refractivity contribution < 1.29 is 35.9 Å². The van der Waals surface area contributed by atoms with Crippen molar-refractivity contribution >= 4 is 22.6 Å². The second kappa shape index (κ2) is 8.61. The number of hydrogen-bond donors (Lipinski definition) is 1. The van der Waals surface area contributed by atoms with E-state index in [9.17, 15) is 26.7 Å². The van der Waals surface area contributed by atoms with Gasteiger partial charge in [-0.1, -0.05) is 12.1 Å². The first-order chi connectivity index (χ1) is 14.1. The Bertz CT molecular complexity index is 1090. The minimum absolute atomic E-state index is 0.0839. The summed E-state index contributed by atoms with van der Waals surface area (Å²) in [6, 6.07) is 6.50. The number of amides is 1. The van der Waals surface area contributed by atoms with Crippen LogP contribution >= 0.6 is 11.5 Å². The number of furan rings is 1. The first-order valence-corrected chi connectivity index (χ1v) is 8.97. The van der Waals surface area contributed by atoms with Gasteiger partial charge in [-0.25, -0.2) is 4.98 Å². The van der Waals surface area contributed by atoms with E-state index >= 15 is 0 Å². The Balaban J connectivity index is 1.69. The number of halogens is 5. The molecule has 1 N–H and O–H groups in total. The Kier molecular flexibility index (Phi) is 6.15. The molecule has 1 aromatic carbocycles. The van der Waals surface area contributed by atoms with E-state index in [0.717, 1.165) is 23.7 Å². The third-order valence-electron chi connectivity index (χ3n) is 3.66. The highest BCUT2D eigenvalue weighted by atomic mass is 32.1. The van der Waals surface area contributed by atoms with Crippen molar-refractivity contribution in [3.05, 3.63) is 59.8 Å². The Morgan fingerprint density at radius 3 is 2.70 bits per heavy atom. The molecule has 2 aromatic heterocycles. The lowest BCUT2D eigenvalue weighted by atomic mass is 10.1. The van der Waals surface area contributed by atoms with Gasteiger partial charge in [-0.2, -0.15) is 13.2 Å². The van der Waals surface area contributed by atoms with Gasteiger partial charge in [0.2, 0.25) is 5.13 Å². The maximum atomic E-state index is 12.5. The molecule has 158 valence electrons. The summed E-state index contributed by atoms with van der Waals surface area (Å²) in [5.41, 5.74) is 0.510. The van der Waals surface area contributed by atoms with Crippen LogP contribution < -0.4 is 10.1 Å². The number of ether oxygens (including phenoxy) is 1. The number of aromatic nitrogens is 2. The highest BCUT2D eigenvalue weighted by Crippen LogP contribution is 2.29. The molecule has 0 aliphatic carbocycles. The second-order valence-electron chi connectivity index (χ2n) is 5.96. The summed E-state index contributed by atoms with van der Waals surface area (Å²) in [7, 11) is 0. The summed E-state index contributed by atoms with van der Waals surface area (Å²) in [4.78, 5) is 16.2. The number of rotatable bonds is 6. The van der Waals surface area contributed by atoms with Crippen LogP contribution in [-0.2, 0) is 6.42 Å². The fourth-order valence-corrected chi connectivity index (χ4v) is 2.90. The van der Waals surface area contributed by atoms with E-state index in [4.69, 9.17) is 4.42 Å². The SMILES string of the molecule is CC(Cc1nsc(NC(=O)c2cc(-c3cccc(OC(F)(F)F)c3)co2)n1)=C(F)F. The lowest BCUT2D eigenvalue weighted by Gasteiger charge is -2.09. The predicted octanol–water partition coefficient (Wildman–Crippen LogP) is 5.66. The third-order valence-corrected chi connectivity index (χ3v) is 4.33. The van der Waals surface area contributed by atoms with Gasteiger partial charge in [0.15, 0.2) is 5.76 Å². The molecule has 0 radical (unpaired) electrons. The Labute approximate surface area is 170 Å². The number of alkyl halides is 3. The van der Waals surface area contributed by atoms with E-state index in [2.05, 4.69) is 19.4 Å². The Morgan fingerprint density at radius 2 is 2.00 bits per heavy atom. The van der Waals surface area contributed by atoms with Gasteiger partial charge >= 0.3 is 6.36 Å². The minimum Gasteiger partial charge on any atom is -0.459 e. The van der Waals surface area contributed by atoms with Gasteiger partial charge in [0, 0.05) is 23.5 Å². The summed E-state index contributed by atoms with van der Waals surface area (Å²) in [6.45, 7) is 1.24. The highest BCUT2D eigenvalue weighted by molar-refractivity contribution is 7.09. The van der Waals surface area contributed by atoms with Crippen LogP contribution in [0.15, 0.2) is 52.7 Å². The number of carbonyl (C=O) groups is 1. The fraction of sp³-hybridized carbons (Fsp3) is 0.167. The van der Waals surface area contributed by atoms with E-state index in [0.29, 0.717) is 11.1 Å². The zero-order chi connectivity index (χ0) is 21.9. The molecule has 0 unspecified atom stereocenters. The molecule has 1 amide bonds. The van der Waals surface area contributed by atoms with E-state index in [-0.39, 0.29) is 28.7 Å². The second-order valence-corrected chi connectivity index (χ2v) is 6.71. The molecule has 2 heterocycles. The molecule has 0 fully saturated rings. The number of nitrogens with zero attached hydrogens (tertiary/aromatic N) is 2. The van der Waals surface area contributed by atoms with Crippen molar-refractivity contribution in [3.63, 3.8) is 0 Å². The monoisotopic (exact) mass is 445 g/mol. The molecule has 0 saturated carbocycles. The molecule has 3 aromatic rings. The largest absolute Gasteiger partial charge is 0.573 e. The summed E-state index contributed by atoms with van der Waals surface area (Å²) in [6.07, 6.45) is -5.60. The van der Waals surface area contributed by atoms with Crippen molar-refractivity contribution in [2.75, 3.05) is 5.32 Å². The van der Waals surface area contributed by atoms with Gasteiger partial charge in [0.25, 0.3) is 12.0 Å². The number of benzene rings is 1. The topological polar surface area (TPSA) is 77.2 Å². The summed E-state index contributed by atoms with van der Waals surface area (Å²) < 4.78 is 75.0. The van der Waals surface area contributed by atoms with Crippen LogP contribution in [0.1, 0.15) is 23.3 Å². The zero-order valence-corrected chi connectivity index (χ0v) is 15.9. The van der Waals surface area contributed by atoms with E-state index in [1.807, 2.05) is 0 Å². The van der Waals surface area contributed by atoms with E-state index in [1.165, 1.54) is 31.4 Å². The average Bonchev–Trinajstić information content (AvgIpc) is 3.30. The van der Waals surface area contributed by atoms with Crippen LogP contribution in [0.5, 0.6) is 5.75 Å². The quantitative estimate of drug-likeness (QED) is 0.496. The molecular formula is C18H12F5N3O3S. The van der Waals surface area contributed by atoms with Gasteiger partial charge in [-0.3, -0.25) is 10.1 Å². The molecule has 3 rings (SSSR count). The van der Waals surface area contributed by atoms with E-state index < -0.39 is 24.1 Å². The maximum absolute atomic E-state index is 12.5. The summed E-state index contributed by atoms with van der Waals surface area (Å²) >= 11 is 0.811. The first-order valence-electron chi connectivity index (χ1n) is 8.20. The van der Waals surface area contributed by atoms with Crippen molar-refractivity contribution in [1.29, 1.82) is 0 Å². The van der Waals surface area contributed by atoms with Gasteiger partial charge in [-0.05, 0) is 36.3 Å². The predicted molar refractivity (Wildman–Crippen MR) is 97.3 cm³/mol. The molecule has 0 saturated heterocycles. The smallest absolute Gasteiger partial charge is 0.459 e. The molecule has 6 nitrogen and oxygen atoms in total. The van der Waals surface area contributed by atoms with Crippen molar-refractivity contribution in [1.82, 2.24) is 9.36 Å². The number of hydrogen-bond acceptors (Lipinski definition) is 6. The maximum Gasteiger partial charge on any atom is 0.573 e. The lowest BCUT2D eigenvalue weighted by molar-refractivity contribution is -0.274. The van der Waals surface area contributed by atoms with Gasteiger partial charge in [-0.15, -0.1) is 13.2 Å². The zero-order valence-electron chi connectivity index (χ0n) is 15.1. The van der Waals surface area contributed by atoms with Gasteiger partial charge in [0.1, 0.15) is 11.6 Å². The molecule has 0 aliphatic rings. The van der Waals surface area contributed by atoms with Crippen LogP contribution in [0.2, 0.25) is 0 Å². The Hall–Kier alpha value is -3.28. The standard InChI is InChI=1S/C18H12F5N3O3S/c1-9(15(19)20)5-14-24-17(30-26-14)25-16(27)13-7-11(8-28-13)10-3-2-4-12(6-10)29-18(21,22)23/h2-4,6-8H,5H2,1H3,(H,24,25,26,27). The molecule has 0 bridgehead atoms. The van der Waals surface area contributed by atoms with E-state index in [1.54, 1.807) is 0 Å². The van der Waals surface area contributed by atoms with Crippen molar-refractivity contribution in [3.8, 4) is 16.9 Å². The van der Waals surface area contributed by atoms with Crippen molar-refractivity contribution in [2.24, 2.45) is 0 Å². The van der Waals surface area contributed by atoms with Crippen LogP contribution in [0.3, 0.4) is 0 Å². The highest BCUT2D eigenvalue weighted by Gasteiger charge is 2.31. The van der Waals surface area contributed by atoms with Crippen LogP contribution in [0.4, 0.5) is 27.1 Å². The average molecular weight is 445 g/mol. The fourth-order valence-electron chi connectivity index (χ4n) is 2.32. The molecule has 12 heteroatoms. The normalized spacial score (nSPS) is 11.3. The number of anilines is 1. The van der Waals surface area contributed by atoms with Crippen LogP contribution in [0, 0.1) is 0 Å². The summed E-state index contributed by atoms with van der Waals surface area (Å²) in [5, 5.41) is 2.51. The third kappa shape index (κ3) is 5.63. The van der Waals surface area contributed by atoms with Crippen molar-refractivity contribution in [2.45, 2.75) is 19.7 Å². The van der Waals surface area contributed by atoms with Gasteiger partial charge in [0.05, 0.1) is 6.26 Å². The minimum atomic E-state index is -4.83. The Morgan fingerprint density at radius 1 is 1.23 bits per heavy atom. The summed E-state index contributed by atoms with van der Waals surface area (Å²) in [5.74, 6) is -1.10.